The first-order chi connectivity index (χ1) is 25.5. The smallest absolute Gasteiger partial charge is 0.202 e. The molecule has 0 N–H and O–H groups in total. The van der Waals surface area contributed by atoms with Gasteiger partial charge in [-0.3, -0.25) is 0 Å². The first kappa shape index (κ1) is 38.8. The molecule has 0 spiro atoms. The Morgan fingerprint density at radius 2 is 0.400 bits per heavy atom. The molecule has 0 aliphatic heterocycles. The van der Waals surface area contributed by atoms with Crippen molar-refractivity contribution in [3.63, 3.8) is 0 Å². The molecule has 23 heteroatoms. The van der Waals surface area contributed by atoms with Crippen molar-refractivity contribution >= 4 is 11.0 Å². The van der Waals surface area contributed by atoms with Gasteiger partial charge in [0.2, 0.25) is 29.1 Å². The van der Waals surface area contributed by atoms with E-state index in [0.717, 1.165) is 0 Å². The van der Waals surface area contributed by atoms with Crippen molar-refractivity contribution in [2.45, 2.75) is 0 Å². The molecule has 55 heavy (non-hydrogen) atoms. The largest absolute Gasteiger partial charge is 0.452 e. The summed E-state index contributed by atoms with van der Waals surface area (Å²) < 4.78 is 331. The number of benzene rings is 5. The summed E-state index contributed by atoms with van der Waals surface area (Å²) in [7, 11) is 0. The van der Waals surface area contributed by atoms with Crippen LogP contribution in [0.4, 0.5) is 96.6 Å². The third-order valence-electron chi connectivity index (χ3n) is 7.84. The number of furan rings is 1. The van der Waals surface area contributed by atoms with Crippen molar-refractivity contribution in [3.8, 4) is 44.7 Å². The minimum absolute atomic E-state index is 2.55. The van der Waals surface area contributed by atoms with Crippen LogP contribution in [0, 0.1) is 128 Å². The van der Waals surface area contributed by atoms with Crippen LogP contribution < -0.4 is 0 Å². The highest BCUT2D eigenvalue weighted by Gasteiger charge is 2.42. The zero-order valence-electron chi connectivity index (χ0n) is 24.7. The van der Waals surface area contributed by atoms with Gasteiger partial charge < -0.3 is 4.42 Å². The average Bonchev–Trinajstić information content (AvgIpc) is 3.53. The summed E-state index contributed by atoms with van der Waals surface area (Å²) in [5.74, 6) is -73.3. The molecular formula is C32F22O. The van der Waals surface area contributed by atoms with Crippen LogP contribution in [-0.2, 0) is 0 Å². The lowest BCUT2D eigenvalue weighted by molar-refractivity contribution is 0.378. The van der Waals surface area contributed by atoms with Crippen molar-refractivity contribution in [3.05, 3.63) is 128 Å². The molecule has 0 atom stereocenters. The van der Waals surface area contributed by atoms with E-state index in [2.05, 4.69) is 4.42 Å². The number of halogens is 22. The highest BCUT2D eigenvalue weighted by molar-refractivity contribution is 6.14. The monoisotopic (exact) mass is 818 g/mol. The predicted octanol–water partition coefficient (Wildman–Crippen LogP) is 12.2. The summed E-state index contributed by atoms with van der Waals surface area (Å²) >= 11 is 0. The molecule has 0 bridgehead atoms. The minimum Gasteiger partial charge on any atom is -0.452 e. The van der Waals surface area contributed by atoms with E-state index >= 15 is 43.9 Å². The molecule has 1 nitrogen and oxygen atoms in total. The summed E-state index contributed by atoms with van der Waals surface area (Å²) in [6.45, 7) is 0. The van der Waals surface area contributed by atoms with Gasteiger partial charge in [0.1, 0.15) is 5.76 Å². The quantitative estimate of drug-likeness (QED) is 0.0981. The van der Waals surface area contributed by atoms with E-state index in [0.29, 0.717) is 0 Å². The number of hydrogen-bond acceptors (Lipinski definition) is 1. The fraction of sp³-hybridized carbons (Fsp3) is 0. The van der Waals surface area contributed by atoms with Crippen molar-refractivity contribution in [1.29, 1.82) is 0 Å². The van der Waals surface area contributed by atoms with E-state index in [1.54, 1.807) is 0 Å². The number of hydrogen-bond donors (Lipinski definition) is 0. The van der Waals surface area contributed by atoms with Gasteiger partial charge in [-0.05, 0) is 0 Å². The normalized spacial score (nSPS) is 11.8. The average molecular weight is 818 g/mol. The summed E-state index contributed by atoms with van der Waals surface area (Å²) in [5, 5.41) is -2.58. The molecule has 0 radical (unpaired) electrons. The van der Waals surface area contributed by atoms with Gasteiger partial charge in [-0.25, -0.2) is 92.2 Å². The minimum atomic E-state index is -3.31. The molecule has 1 heterocycles. The lowest BCUT2D eigenvalue weighted by Crippen LogP contribution is -2.10. The van der Waals surface area contributed by atoms with Crippen molar-refractivity contribution in [1.82, 2.24) is 0 Å². The lowest BCUT2D eigenvalue weighted by Gasteiger charge is -2.19. The third kappa shape index (κ3) is 5.06. The molecule has 0 amide bonds. The second-order valence-electron chi connectivity index (χ2n) is 10.7. The Labute approximate surface area is 285 Å². The fourth-order valence-electron chi connectivity index (χ4n) is 5.45. The van der Waals surface area contributed by atoms with Gasteiger partial charge >= 0.3 is 0 Å². The molecule has 0 aliphatic rings. The Kier molecular flexibility index (Phi) is 9.07. The van der Waals surface area contributed by atoms with Crippen molar-refractivity contribution in [2.24, 2.45) is 0 Å². The molecule has 0 fully saturated rings. The summed E-state index contributed by atoms with van der Waals surface area (Å²) in [6, 6.07) is 0. The molecule has 0 saturated heterocycles. The van der Waals surface area contributed by atoms with E-state index in [1.807, 2.05) is 0 Å². The van der Waals surface area contributed by atoms with Crippen LogP contribution in [-0.4, -0.2) is 0 Å². The summed E-state index contributed by atoms with van der Waals surface area (Å²) in [6.07, 6.45) is 0. The standard InChI is InChI=1S/C32F22O/c33-9-2(6-12(36)20(44)27(51)21(45)13(6)37)1(5-10(34)18(42)26(50)19(43)11(5)35)3-4(7-14(38)22(46)28(52)23(47)15(7)39)31(55-32(3)30(9)54)8-16(40)24(48)29(53)25(49)17(8)41. The van der Waals surface area contributed by atoms with Crippen LogP contribution in [0.15, 0.2) is 4.42 Å². The van der Waals surface area contributed by atoms with E-state index in [9.17, 15) is 52.7 Å². The van der Waals surface area contributed by atoms with Gasteiger partial charge in [0.25, 0.3) is 0 Å². The van der Waals surface area contributed by atoms with Gasteiger partial charge in [0.05, 0.1) is 22.3 Å². The van der Waals surface area contributed by atoms with Crippen LogP contribution >= 0.6 is 0 Å². The van der Waals surface area contributed by atoms with Crippen molar-refractivity contribution in [2.75, 3.05) is 0 Å². The maximum absolute atomic E-state index is 16.0. The van der Waals surface area contributed by atoms with Crippen LogP contribution in [0.25, 0.3) is 55.7 Å². The fourth-order valence-corrected chi connectivity index (χ4v) is 5.45. The maximum Gasteiger partial charge on any atom is 0.202 e. The second kappa shape index (κ2) is 12.9. The van der Waals surface area contributed by atoms with Gasteiger partial charge in [0, 0.05) is 22.1 Å². The van der Waals surface area contributed by atoms with Gasteiger partial charge in [-0.2, -0.15) is 4.39 Å². The van der Waals surface area contributed by atoms with Crippen LogP contribution in [0.5, 0.6) is 0 Å². The first-order valence-corrected chi connectivity index (χ1v) is 13.6. The van der Waals surface area contributed by atoms with Gasteiger partial charge in [-0.15, -0.1) is 0 Å². The van der Waals surface area contributed by atoms with E-state index in [1.165, 1.54) is 0 Å². The molecular weight excluding hydrogens is 818 g/mol. The van der Waals surface area contributed by atoms with Crippen LogP contribution in [0.3, 0.4) is 0 Å². The topological polar surface area (TPSA) is 13.1 Å². The lowest BCUT2D eigenvalue weighted by atomic mass is 9.85. The Bertz CT molecular complexity index is 2620. The third-order valence-corrected chi connectivity index (χ3v) is 7.84. The van der Waals surface area contributed by atoms with E-state index in [4.69, 9.17) is 0 Å². The summed E-state index contributed by atoms with van der Waals surface area (Å²) in [4.78, 5) is 0. The van der Waals surface area contributed by atoms with E-state index < -0.39 is 184 Å². The van der Waals surface area contributed by atoms with Crippen LogP contribution in [0.1, 0.15) is 0 Å². The molecule has 6 aromatic rings. The molecule has 0 unspecified atom stereocenters. The predicted molar refractivity (Wildman–Crippen MR) is 137 cm³/mol. The Hall–Kier alpha value is -5.90. The molecule has 1 aromatic heterocycles. The molecule has 5 aromatic carbocycles. The van der Waals surface area contributed by atoms with Gasteiger partial charge in [0.15, 0.2) is 104 Å². The van der Waals surface area contributed by atoms with Gasteiger partial charge in [-0.1, -0.05) is 0 Å². The number of rotatable bonds is 4. The van der Waals surface area contributed by atoms with E-state index in [-0.39, 0.29) is 0 Å². The van der Waals surface area contributed by atoms with Crippen LogP contribution in [0.2, 0.25) is 0 Å². The zero-order valence-corrected chi connectivity index (χ0v) is 24.7. The highest BCUT2D eigenvalue weighted by Crippen LogP contribution is 2.54. The molecule has 288 valence electrons. The number of fused-ring (bicyclic) bond motifs is 1. The highest BCUT2D eigenvalue weighted by atomic mass is 19.2. The SMILES string of the molecule is Fc1c(F)c(F)c(-c2oc3c(F)c(F)c(-c4c(F)c(F)c(F)c(F)c4F)c(-c4c(F)c(F)c(F)c(F)c4F)c3c2-c2c(F)c(F)c(F)c(F)c2F)c(F)c1F. The first-order valence-electron chi connectivity index (χ1n) is 13.6. The Balaban J connectivity index is 2.10. The molecule has 6 rings (SSSR count). The second-order valence-corrected chi connectivity index (χ2v) is 10.7. The zero-order chi connectivity index (χ0) is 41.2. The van der Waals surface area contributed by atoms with Crippen molar-refractivity contribution < 1.29 is 101 Å². The Morgan fingerprint density at radius 1 is 0.182 bits per heavy atom. The molecule has 0 saturated carbocycles. The Morgan fingerprint density at radius 3 is 0.709 bits per heavy atom. The molecule has 0 aliphatic carbocycles. The summed E-state index contributed by atoms with van der Waals surface area (Å²) in [5.41, 5.74) is -22.5. The maximum atomic E-state index is 16.0.